The van der Waals surface area contributed by atoms with Crippen LogP contribution < -0.4 is 11.3 Å². The van der Waals surface area contributed by atoms with E-state index in [1.54, 1.807) is 11.0 Å². The number of hydrogen-bond acceptors (Lipinski definition) is 5. The third kappa shape index (κ3) is 2.44. The molecular weight excluding hydrogens is 260 g/mol. The summed E-state index contributed by atoms with van der Waals surface area (Å²) in [5.41, 5.74) is 2.21. The molecule has 1 amide bonds. The van der Waals surface area contributed by atoms with Crippen LogP contribution in [0.25, 0.3) is 0 Å². The molecule has 20 heavy (non-hydrogen) atoms. The Bertz CT molecular complexity index is 546. The van der Waals surface area contributed by atoms with Gasteiger partial charge in [0, 0.05) is 12.6 Å². The second kappa shape index (κ2) is 5.46. The number of benzene rings is 1. The molecule has 1 saturated heterocycles. The first-order valence-electron chi connectivity index (χ1n) is 6.50. The lowest BCUT2D eigenvalue weighted by atomic mass is 10.1. The maximum Gasteiger partial charge on any atom is 0.306 e. The van der Waals surface area contributed by atoms with E-state index in [0.717, 1.165) is 6.42 Å². The molecule has 1 aromatic carbocycles. The summed E-state index contributed by atoms with van der Waals surface area (Å²) in [6.07, 6.45) is 0.911. The number of anilines is 1. The summed E-state index contributed by atoms with van der Waals surface area (Å²) in [6.45, 7) is 4.64. The van der Waals surface area contributed by atoms with Crippen LogP contribution in [0.4, 0.5) is 11.4 Å². The molecule has 3 N–H and O–H groups in total. The lowest BCUT2D eigenvalue weighted by Crippen LogP contribution is -2.34. The van der Waals surface area contributed by atoms with E-state index >= 15 is 0 Å². The summed E-state index contributed by atoms with van der Waals surface area (Å²) in [7, 11) is 0. The smallest absolute Gasteiger partial charge is 0.306 e. The van der Waals surface area contributed by atoms with E-state index in [9.17, 15) is 14.9 Å². The minimum Gasteiger partial charge on any atom is -0.335 e. The number of rotatable bonds is 3. The first-order valence-corrected chi connectivity index (χ1v) is 6.50. The predicted molar refractivity (Wildman–Crippen MR) is 75.2 cm³/mol. The molecule has 2 unspecified atom stereocenters. The van der Waals surface area contributed by atoms with Gasteiger partial charge in [0.15, 0.2) is 0 Å². The standard InChI is InChI=1S/C13H18N4O3/c1-8-6-9(2)16(7-8)13(18)10-4-3-5-11(15-14)12(10)17(19)20/h3-5,8-9,15H,6-7,14H2,1-2H3. The van der Waals surface area contributed by atoms with Crippen molar-refractivity contribution in [1.29, 1.82) is 0 Å². The van der Waals surface area contributed by atoms with E-state index in [1.165, 1.54) is 12.1 Å². The molecule has 1 heterocycles. The Labute approximate surface area is 116 Å². The van der Waals surface area contributed by atoms with E-state index in [4.69, 9.17) is 5.84 Å². The van der Waals surface area contributed by atoms with Gasteiger partial charge in [0.05, 0.1) is 4.92 Å². The van der Waals surface area contributed by atoms with Crippen molar-refractivity contribution in [2.24, 2.45) is 11.8 Å². The highest BCUT2D eigenvalue weighted by Crippen LogP contribution is 2.31. The van der Waals surface area contributed by atoms with Crippen LogP contribution in [0.2, 0.25) is 0 Å². The number of nitro groups is 1. The van der Waals surface area contributed by atoms with Crippen LogP contribution in [0.15, 0.2) is 18.2 Å². The second-order valence-corrected chi connectivity index (χ2v) is 5.25. The first kappa shape index (κ1) is 14.3. The fourth-order valence-electron chi connectivity index (χ4n) is 2.77. The Kier molecular flexibility index (Phi) is 3.89. The van der Waals surface area contributed by atoms with Gasteiger partial charge in [-0.15, -0.1) is 0 Å². The van der Waals surface area contributed by atoms with Gasteiger partial charge in [0.25, 0.3) is 5.91 Å². The number of carbonyl (C=O) groups excluding carboxylic acids is 1. The zero-order valence-corrected chi connectivity index (χ0v) is 11.5. The topological polar surface area (TPSA) is 102 Å². The maximum absolute atomic E-state index is 12.5. The van der Waals surface area contributed by atoms with Gasteiger partial charge < -0.3 is 10.3 Å². The van der Waals surface area contributed by atoms with E-state index in [-0.39, 0.29) is 28.9 Å². The minimum absolute atomic E-state index is 0.0754. The molecule has 1 fully saturated rings. The highest BCUT2D eigenvalue weighted by atomic mass is 16.6. The van der Waals surface area contributed by atoms with E-state index in [2.05, 4.69) is 12.3 Å². The average molecular weight is 278 g/mol. The van der Waals surface area contributed by atoms with Crippen molar-refractivity contribution in [2.75, 3.05) is 12.0 Å². The third-order valence-corrected chi connectivity index (χ3v) is 3.65. The molecule has 0 aromatic heterocycles. The number of para-hydroxylation sites is 1. The number of hydrogen-bond donors (Lipinski definition) is 2. The summed E-state index contributed by atoms with van der Waals surface area (Å²) in [6, 6.07) is 4.62. The van der Waals surface area contributed by atoms with Crippen LogP contribution in [-0.2, 0) is 0 Å². The molecule has 108 valence electrons. The number of likely N-dealkylation sites (tertiary alicyclic amines) is 1. The fraction of sp³-hybridized carbons (Fsp3) is 0.462. The number of nitrogen functional groups attached to an aromatic ring is 1. The number of nitrogens with two attached hydrogens (primary N) is 1. The lowest BCUT2D eigenvalue weighted by Gasteiger charge is -2.21. The molecule has 0 aliphatic carbocycles. The number of nitrogens with one attached hydrogen (secondary N) is 1. The summed E-state index contributed by atoms with van der Waals surface area (Å²) in [5.74, 6) is 5.37. The van der Waals surface area contributed by atoms with Crippen LogP contribution in [0.1, 0.15) is 30.6 Å². The fourth-order valence-corrected chi connectivity index (χ4v) is 2.77. The number of nitrogens with zero attached hydrogens (tertiary/aromatic N) is 2. The zero-order chi connectivity index (χ0) is 14.9. The van der Waals surface area contributed by atoms with Gasteiger partial charge in [-0.05, 0) is 31.4 Å². The number of hydrazine groups is 1. The Morgan fingerprint density at radius 3 is 2.70 bits per heavy atom. The van der Waals surface area contributed by atoms with Gasteiger partial charge in [-0.25, -0.2) is 0 Å². The Balaban J connectivity index is 2.42. The Morgan fingerprint density at radius 1 is 1.50 bits per heavy atom. The Hall–Kier alpha value is -2.15. The quantitative estimate of drug-likeness (QED) is 0.498. The van der Waals surface area contributed by atoms with Crippen molar-refractivity contribution in [3.63, 3.8) is 0 Å². The van der Waals surface area contributed by atoms with Gasteiger partial charge in [-0.2, -0.15) is 0 Å². The zero-order valence-electron chi connectivity index (χ0n) is 11.5. The van der Waals surface area contributed by atoms with Crippen LogP contribution in [0.5, 0.6) is 0 Å². The third-order valence-electron chi connectivity index (χ3n) is 3.65. The van der Waals surface area contributed by atoms with Gasteiger partial charge in [0.1, 0.15) is 11.3 Å². The van der Waals surface area contributed by atoms with Crippen molar-refractivity contribution in [2.45, 2.75) is 26.3 Å². The maximum atomic E-state index is 12.5. The lowest BCUT2D eigenvalue weighted by molar-refractivity contribution is -0.384. The molecule has 0 spiro atoms. The molecule has 2 atom stereocenters. The van der Waals surface area contributed by atoms with Gasteiger partial charge >= 0.3 is 5.69 Å². The van der Waals surface area contributed by atoms with Gasteiger partial charge in [-0.3, -0.25) is 20.8 Å². The molecular formula is C13H18N4O3. The van der Waals surface area contributed by atoms with Crippen molar-refractivity contribution in [3.8, 4) is 0 Å². The number of amides is 1. The molecule has 7 nitrogen and oxygen atoms in total. The molecule has 7 heteroatoms. The largest absolute Gasteiger partial charge is 0.335 e. The van der Waals surface area contributed by atoms with Crippen LogP contribution in [0, 0.1) is 16.0 Å². The monoisotopic (exact) mass is 278 g/mol. The van der Waals surface area contributed by atoms with E-state index in [1.807, 2.05) is 6.92 Å². The highest BCUT2D eigenvalue weighted by molar-refractivity contribution is 6.00. The average Bonchev–Trinajstić information content (AvgIpc) is 2.75. The summed E-state index contributed by atoms with van der Waals surface area (Å²) < 4.78 is 0. The summed E-state index contributed by atoms with van der Waals surface area (Å²) in [4.78, 5) is 24.9. The molecule has 1 aliphatic heterocycles. The first-order chi connectivity index (χ1) is 9.45. The van der Waals surface area contributed by atoms with Crippen LogP contribution >= 0.6 is 0 Å². The highest BCUT2D eigenvalue weighted by Gasteiger charge is 2.34. The predicted octanol–water partition coefficient (Wildman–Crippen LogP) is 1.75. The molecule has 1 aliphatic rings. The van der Waals surface area contributed by atoms with Gasteiger partial charge in [0.2, 0.25) is 0 Å². The summed E-state index contributed by atoms with van der Waals surface area (Å²) >= 11 is 0. The van der Waals surface area contributed by atoms with Crippen molar-refractivity contribution >= 4 is 17.3 Å². The van der Waals surface area contributed by atoms with E-state index in [0.29, 0.717) is 12.5 Å². The molecule has 0 bridgehead atoms. The second-order valence-electron chi connectivity index (χ2n) is 5.25. The van der Waals surface area contributed by atoms with Gasteiger partial charge in [-0.1, -0.05) is 13.0 Å². The Morgan fingerprint density at radius 2 is 2.20 bits per heavy atom. The number of nitro benzene ring substituents is 1. The van der Waals surface area contributed by atoms with E-state index < -0.39 is 4.92 Å². The minimum atomic E-state index is -0.577. The number of carbonyl (C=O) groups is 1. The van der Waals surface area contributed by atoms with Crippen LogP contribution in [0.3, 0.4) is 0 Å². The molecule has 0 saturated carbocycles. The van der Waals surface area contributed by atoms with Crippen molar-refractivity contribution in [1.82, 2.24) is 4.90 Å². The van der Waals surface area contributed by atoms with Crippen LogP contribution in [-0.4, -0.2) is 28.3 Å². The molecule has 0 radical (unpaired) electrons. The summed E-state index contributed by atoms with van der Waals surface area (Å²) in [5, 5.41) is 11.2. The SMILES string of the molecule is CC1CC(C)N(C(=O)c2cccc(NN)c2[N+](=O)[O-])C1. The van der Waals surface area contributed by atoms with Crippen molar-refractivity contribution < 1.29 is 9.72 Å². The molecule has 2 rings (SSSR count). The molecule has 1 aromatic rings. The van der Waals surface area contributed by atoms with Crippen molar-refractivity contribution in [3.05, 3.63) is 33.9 Å². The normalized spacial score (nSPS) is 21.9.